The lowest BCUT2D eigenvalue weighted by molar-refractivity contribution is -0.149. The monoisotopic (exact) mass is 272 g/mol. The Balaban J connectivity index is 2.33. The van der Waals surface area contributed by atoms with Gasteiger partial charge in [0.15, 0.2) is 0 Å². The largest absolute Gasteiger partial charge is 0.469 e. The van der Waals surface area contributed by atoms with Crippen LogP contribution in [0.5, 0.6) is 0 Å². The zero-order valence-corrected chi connectivity index (χ0v) is 11.8. The molecule has 6 nitrogen and oxygen atoms in total. The van der Waals surface area contributed by atoms with Crippen molar-refractivity contribution >= 4 is 11.9 Å². The molecule has 1 atom stereocenters. The van der Waals surface area contributed by atoms with E-state index in [9.17, 15) is 9.59 Å². The molecule has 1 aliphatic rings. The van der Waals surface area contributed by atoms with Crippen molar-refractivity contribution in [3.63, 3.8) is 0 Å². The molecule has 0 aliphatic carbocycles. The zero-order chi connectivity index (χ0) is 14.3. The van der Waals surface area contributed by atoms with Gasteiger partial charge in [-0.2, -0.15) is 0 Å². The number of nitrogens with zero attached hydrogens (tertiary/aromatic N) is 1. The van der Waals surface area contributed by atoms with E-state index in [-0.39, 0.29) is 17.8 Å². The Kier molecular flexibility index (Phi) is 6.80. The van der Waals surface area contributed by atoms with Crippen LogP contribution >= 0.6 is 0 Å². The number of likely N-dealkylation sites (tertiary alicyclic amines) is 1. The number of methoxy groups -OCH3 is 2. The Morgan fingerprint density at radius 2 is 1.95 bits per heavy atom. The number of hydrogen-bond acceptors (Lipinski definition) is 5. The van der Waals surface area contributed by atoms with E-state index in [1.54, 1.807) is 12.0 Å². The van der Waals surface area contributed by atoms with Gasteiger partial charge in [0, 0.05) is 26.8 Å². The van der Waals surface area contributed by atoms with Gasteiger partial charge in [-0.05, 0) is 25.7 Å². The Bertz CT molecular complexity index is 301. The van der Waals surface area contributed by atoms with Crippen LogP contribution in [-0.4, -0.2) is 56.7 Å². The molecule has 0 radical (unpaired) electrons. The maximum absolute atomic E-state index is 12.1. The summed E-state index contributed by atoms with van der Waals surface area (Å²) in [6.45, 7) is 1.78. The maximum atomic E-state index is 12.1. The second-order valence-electron chi connectivity index (χ2n) is 4.86. The van der Waals surface area contributed by atoms with Crippen molar-refractivity contribution in [3.05, 3.63) is 0 Å². The Hall–Kier alpha value is -1.14. The minimum atomic E-state index is -0.468. The van der Waals surface area contributed by atoms with E-state index in [1.165, 1.54) is 7.11 Å². The number of nitrogens with two attached hydrogens (primary N) is 1. The van der Waals surface area contributed by atoms with Crippen LogP contribution in [0.2, 0.25) is 0 Å². The van der Waals surface area contributed by atoms with Gasteiger partial charge in [-0.1, -0.05) is 0 Å². The zero-order valence-electron chi connectivity index (χ0n) is 11.8. The van der Waals surface area contributed by atoms with Gasteiger partial charge in [-0.25, -0.2) is 0 Å². The van der Waals surface area contributed by atoms with Gasteiger partial charge >= 0.3 is 5.97 Å². The molecule has 2 N–H and O–H groups in total. The first-order valence-corrected chi connectivity index (χ1v) is 6.71. The minimum Gasteiger partial charge on any atom is -0.469 e. The SMILES string of the molecule is COCCCC(N)C(=O)N1CCC(C(=O)OC)CC1. The first-order chi connectivity index (χ1) is 9.10. The lowest BCUT2D eigenvalue weighted by Crippen LogP contribution is -2.48. The third-order valence-electron chi connectivity index (χ3n) is 3.52. The summed E-state index contributed by atoms with van der Waals surface area (Å²) >= 11 is 0. The van der Waals surface area contributed by atoms with Crippen LogP contribution in [-0.2, 0) is 19.1 Å². The number of piperidine rings is 1. The van der Waals surface area contributed by atoms with Gasteiger partial charge < -0.3 is 20.1 Å². The Morgan fingerprint density at radius 3 is 2.47 bits per heavy atom. The fourth-order valence-electron chi connectivity index (χ4n) is 2.31. The van der Waals surface area contributed by atoms with Crippen molar-refractivity contribution in [2.45, 2.75) is 31.7 Å². The van der Waals surface area contributed by atoms with Crippen LogP contribution in [0.25, 0.3) is 0 Å². The number of amides is 1. The minimum absolute atomic E-state index is 0.0283. The Morgan fingerprint density at radius 1 is 1.32 bits per heavy atom. The molecule has 0 aromatic carbocycles. The topological polar surface area (TPSA) is 81.9 Å². The van der Waals surface area contributed by atoms with Crippen LogP contribution in [0.1, 0.15) is 25.7 Å². The third-order valence-corrected chi connectivity index (χ3v) is 3.52. The van der Waals surface area contributed by atoms with Crippen molar-refractivity contribution in [1.82, 2.24) is 4.90 Å². The van der Waals surface area contributed by atoms with Gasteiger partial charge in [0.1, 0.15) is 0 Å². The molecule has 6 heteroatoms. The van der Waals surface area contributed by atoms with E-state index < -0.39 is 6.04 Å². The van der Waals surface area contributed by atoms with E-state index >= 15 is 0 Å². The maximum Gasteiger partial charge on any atom is 0.308 e. The summed E-state index contributed by atoms with van der Waals surface area (Å²) in [7, 11) is 3.02. The van der Waals surface area contributed by atoms with Crippen molar-refractivity contribution in [3.8, 4) is 0 Å². The van der Waals surface area contributed by atoms with Crippen molar-refractivity contribution in [2.24, 2.45) is 11.7 Å². The summed E-state index contributed by atoms with van der Waals surface area (Å²) in [5.41, 5.74) is 5.87. The van der Waals surface area contributed by atoms with Crippen LogP contribution in [0.3, 0.4) is 0 Å². The molecule has 1 aliphatic heterocycles. The van der Waals surface area contributed by atoms with Crippen molar-refractivity contribution < 1.29 is 19.1 Å². The normalized spacial score (nSPS) is 18.2. The van der Waals surface area contributed by atoms with E-state index in [0.717, 1.165) is 6.42 Å². The predicted octanol–water partition coefficient (Wildman–Crippen LogP) is 0.152. The fourth-order valence-corrected chi connectivity index (χ4v) is 2.31. The van der Waals surface area contributed by atoms with E-state index in [4.69, 9.17) is 15.2 Å². The molecule has 0 aromatic rings. The first kappa shape index (κ1) is 15.9. The summed E-state index contributed by atoms with van der Waals surface area (Å²) in [5.74, 6) is -0.297. The molecule has 1 heterocycles. The van der Waals surface area contributed by atoms with Crippen molar-refractivity contribution in [2.75, 3.05) is 33.9 Å². The van der Waals surface area contributed by atoms with Gasteiger partial charge in [0.25, 0.3) is 0 Å². The molecule has 0 aromatic heterocycles. The highest BCUT2D eigenvalue weighted by Crippen LogP contribution is 2.19. The molecular weight excluding hydrogens is 248 g/mol. The molecule has 19 heavy (non-hydrogen) atoms. The van der Waals surface area contributed by atoms with Crippen LogP contribution < -0.4 is 5.73 Å². The molecule has 1 rings (SSSR count). The molecule has 110 valence electrons. The Labute approximate surface area is 114 Å². The highest BCUT2D eigenvalue weighted by molar-refractivity contribution is 5.82. The standard InChI is InChI=1S/C13H24N2O4/c1-18-9-3-4-11(14)12(16)15-7-5-10(6-8-15)13(17)19-2/h10-11H,3-9,14H2,1-2H3. The van der Waals surface area contributed by atoms with Gasteiger partial charge in [0.05, 0.1) is 19.1 Å². The summed E-state index contributed by atoms with van der Waals surface area (Å²) in [5, 5.41) is 0. The lowest BCUT2D eigenvalue weighted by Gasteiger charge is -2.32. The number of carbonyl (C=O) groups excluding carboxylic acids is 2. The first-order valence-electron chi connectivity index (χ1n) is 6.71. The molecular formula is C13H24N2O4. The predicted molar refractivity (Wildman–Crippen MR) is 70.4 cm³/mol. The van der Waals surface area contributed by atoms with Crippen LogP contribution in [0, 0.1) is 5.92 Å². The molecule has 0 bridgehead atoms. The second-order valence-corrected chi connectivity index (χ2v) is 4.86. The van der Waals surface area contributed by atoms with E-state index in [1.807, 2.05) is 0 Å². The van der Waals surface area contributed by atoms with Crippen LogP contribution in [0.15, 0.2) is 0 Å². The molecule has 1 saturated heterocycles. The van der Waals surface area contributed by atoms with E-state index in [0.29, 0.717) is 39.0 Å². The molecule has 0 saturated carbocycles. The van der Waals surface area contributed by atoms with Gasteiger partial charge in [0.2, 0.25) is 5.91 Å². The smallest absolute Gasteiger partial charge is 0.308 e. The summed E-state index contributed by atoms with van der Waals surface area (Å²) < 4.78 is 9.66. The fraction of sp³-hybridized carbons (Fsp3) is 0.846. The quantitative estimate of drug-likeness (QED) is 0.550. The summed E-state index contributed by atoms with van der Waals surface area (Å²) in [6.07, 6.45) is 2.72. The highest BCUT2D eigenvalue weighted by atomic mass is 16.5. The van der Waals surface area contributed by atoms with Gasteiger partial charge in [-0.15, -0.1) is 0 Å². The second kappa shape index (κ2) is 8.12. The number of rotatable bonds is 6. The number of esters is 1. The van der Waals surface area contributed by atoms with Crippen molar-refractivity contribution in [1.29, 1.82) is 0 Å². The molecule has 1 amide bonds. The molecule has 1 unspecified atom stereocenters. The average Bonchev–Trinajstić information content (AvgIpc) is 2.46. The lowest BCUT2D eigenvalue weighted by atomic mass is 9.96. The van der Waals surface area contributed by atoms with Crippen LogP contribution in [0.4, 0.5) is 0 Å². The average molecular weight is 272 g/mol. The number of hydrogen-bond donors (Lipinski definition) is 1. The summed E-state index contributed by atoms with van der Waals surface area (Å²) in [4.78, 5) is 25.2. The molecule has 0 spiro atoms. The van der Waals surface area contributed by atoms with Gasteiger partial charge in [-0.3, -0.25) is 9.59 Å². The van der Waals surface area contributed by atoms with E-state index in [2.05, 4.69) is 0 Å². The number of carbonyl (C=O) groups is 2. The number of ether oxygens (including phenoxy) is 2. The molecule has 1 fully saturated rings. The highest BCUT2D eigenvalue weighted by Gasteiger charge is 2.29. The summed E-state index contributed by atoms with van der Waals surface area (Å²) in [6, 6.07) is -0.468. The third kappa shape index (κ3) is 4.80.